The molecule has 0 radical (unpaired) electrons. The summed E-state index contributed by atoms with van der Waals surface area (Å²) in [6.45, 7) is 0. The summed E-state index contributed by atoms with van der Waals surface area (Å²) in [4.78, 5) is 11.8. The highest BCUT2D eigenvalue weighted by molar-refractivity contribution is 6.01. The van der Waals surface area contributed by atoms with Crippen LogP contribution in [0.5, 0.6) is 11.5 Å². The molecule has 0 saturated heterocycles. The minimum absolute atomic E-state index is 0.226. The van der Waals surface area contributed by atoms with E-state index in [2.05, 4.69) is 0 Å². The summed E-state index contributed by atoms with van der Waals surface area (Å²) in [7, 11) is 1.65. The molecule has 2 aliphatic rings. The Morgan fingerprint density at radius 1 is 1.17 bits per heavy atom. The number of hydrogen-bond donors (Lipinski definition) is 0. The molecule has 0 unspecified atom stereocenters. The van der Waals surface area contributed by atoms with Crippen LogP contribution in [0.25, 0.3) is 0 Å². The van der Waals surface area contributed by atoms with E-state index < -0.39 is 0 Å². The molecule has 0 amide bonds. The first-order chi connectivity index (χ1) is 8.79. The molecule has 3 rings (SSSR count). The Morgan fingerprint density at radius 2 is 1.94 bits per heavy atom. The Kier molecular flexibility index (Phi) is 2.98. The van der Waals surface area contributed by atoms with Crippen molar-refractivity contribution < 1.29 is 14.3 Å². The molecule has 0 bridgehead atoms. The molecule has 1 fully saturated rings. The lowest BCUT2D eigenvalue weighted by Gasteiger charge is -2.18. The number of methoxy groups -OCH3 is 1. The number of ketones is 1. The summed E-state index contributed by atoms with van der Waals surface area (Å²) in [6, 6.07) is 3.72. The summed E-state index contributed by atoms with van der Waals surface area (Å²) in [6.07, 6.45) is 6.38. The molecular formula is C15H18O3. The van der Waals surface area contributed by atoms with Crippen LogP contribution in [0, 0.1) is 0 Å². The third-order valence-electron chi connectivity index (χ3n) is 3.93. The zero-order valence-electron chi connectivity index (χ0n) is 10.7. The highest BCUT2D eigenvalue weighted by atomic mass is 16.5. The number of fused-ring (bicyclic) bond motifs is 1. The Bertz CT molecular complexity index is 473. The summed E-state index contributed by atoms with van der Waals surface area (Å²) >= 11 is 0. The smallest absolute Gasteiger partial charge is 0.165 e. The van der Waals surface area contributed by atoms with Gasteiger partial charge in [-0.1, -0.05) is 0 Å². The lowest BCUT2D eigenvalue weighted by molar-refractivity contribution is 0.0994. The van der Waals surface area contributed by atoms with Crippen LogP contribution in [0.2, 0.25) is 0 Å². The van der Waals surface area contributed by atoms with E-state index >= 15 is 0 Å². The molecule has 3 nitrogen and oxygen atoms in total. The monoisotopic (exact) mass is 246 g/mol. The highest BCUT2D eigenvalue weighted by Gasteiger charge is 2.27. The first-order valence-electron chi connectivity index (χ1n) is 6.69. The van der Waals surface area contributed by atoms with E-state index in [1.165, 1.54) is 12.8 Å². The van der Waals surface area contributed by atoms with Gasteiger partial charge in [-0.05, 0) is 44.2 Å². The topological polar surface area (TPSA) is 35.5 Å². The van der Waals surface area contributed by atoms with Crippen molar-refractivity contribution in [2.75, 3.05) is 7.11 Å². The fraction of sp³-hybridized carbons (Fsp3) is 0.533. The molecule has 0 spiro atoms. The van der Waals surface area contributed by atoms with Gasteiger partial charge in [-0.3, -0.25) is 4.79 Å². The standard InChI is InChI=1S/C15H18O3/c1-17-14-9-7-11-12(6-8-13(11)16)15(14)18-10-4-2-3-5-10/h7,9-10H,2-6,8H2,1H3. The summed E-state index contributed by atoms with van der Waals surface area (Å²) < 4.78 is 11.5. The number of carbonyl (C=O) groups is 1. The van der Waals surface area contributed by atoms with Gasteiger partial charge >= 0.3 is 0 Å². The molecule has 96 valence electrons. The van der Waals surface area contributed by atoms with Gasteiger partial charge in [0.1, 0.15) is 0 Å². The van der Waals surface area contributed by atoms with E-state index in [1.54, 1.807) is 7.11 Å². The van der Waals surface area contributed by atoms with Crippen LogP contribution < -0.4 is 9.47 Å². The normalized spacial score (nSPS) is 19.1. The quantitative estimate of drug-likeness (QED) is 0.822. The van der Waals surface area contributed by atoms with Crippen LogP contribution in [0.3, 0.4) is 0 Å². The molecule has 1 aromatic carbocycles. The SMILES string of the molecule is COc1ccc2c(c1OC1CCCC1)CCC2=O. The molecule has 1 saturated carbocycles. The maximum Gasteiger partial charge on any atom is 0.165 e. The second-order valence-corrected chi connectivity index (χ2v) is 5.07. The largest absolute Gasteiger partial charge is 0.493 e. The van der Waals surface area contributed by atoms with Crippen molar-refractivity contribution in [3.8, 4) is 11.5 Å². The van der Waals surface area contributed by atoms with E-state index in [0.717, 1.165) is 41.9 Å². The van der Waals surface area contributed by atoms with Crippen molar-refractivity contribution in [3.63, 3.8) is 0 Å². The zero-order chi connectivity index (χ0) is 12.5. The van der Waals surface area contributed by atoms with Crippen LogP contribution in [0.15, 0.2) is 12.1 Å². The Morgan fingerprint density at radius 3 is 2.67 bits per heavy atom. The number of rotatable bonds is 3. The van der Waals surface area contributed by atoms with Crippen LogP contribution in [0.1, 0.15) is 48.0 Å². The molecule has 0 N–H and O–H groups in total. The van der Waals surface area contributed by atoms with Crippen molar-refractivity contribution in [1.29, 1.82) is 0 Å². The van der Waals surface area contributed by atoms with Crippen molar-refractivity contribution >= 4 is 5.78 Å². The molecule has 2 aliphatic carbocycles. The first kappa shape index (κ1) is 11.6. The Hall–Kier alpha value is -1.51. The number of benzene rings is 1. The summed E-state index contributed by atoms with van der Waals surface area (Å²) in [5.74, 6) is 1.80. The fourth-order valence-corrected chi connectivity index (χ4v) is 2.95. The number of ether oxygens (including phenoxy) is 2. The van der Waals surface area contributed by atoms with Crippen LogP contribution >= 0.6 is 0 Å². The predicted octanol–water partition coefficient (Wildman–Crippen LogP) is 3.15. The first-order valence-corrected chi connectivity index (χ1v) is 6.69. The van der Waals surface area contributed by atoms with Gasteiger partial charge in [0, 0.05) is 17.5 Å². The highest BCUT2D eigenvalue weighted by Crippen LogP contribution is 2.40. The summed E-state index contributed by atoms with van der Waals surface area (Å²) in [5.41, 5.74) is 1.87. The van der Waals surface area contributed by atoms with E-state index in [9.17, 15) is 4.79 Å². The van der Waals surface area contributed by atoms with Gasteiger partial charge in [-0.25, -0.2) is 0 Å². The van der Waals surface area contributed by atoms with Crippen LogP contribution in [-0.2, 0) is 6.42 Å². The van der Waals surface area contributed by atoms with Gasteiger partial charge in [0.25, 0.3) is 0 Å². The molecule has 0 heterocycles. The van der Waals surface area contributed by atoms with Crippen LogP contribution in [0.4, 0.5) is 0 Å². The second kappa shape index (κ2) is 4.63. The average Bonchev–Trinajstić information content (AvgIpc) is 3.00. The molecule has 18 heavy (non-hydrogen) atoms. The van der Waals surface area contributed by atoms with Crippen molar-refractivity contribution in [2.45, 2.75) is 44.6 Å². The lowest BCUT2D eigenvalue weighted by Crippen LogP contribution is -2.13. The van der Waals surface area contributed by atoms with Gasteiger partial charge in [-0.2, -0.15) is 0 Å². The van der Waals surface area contributed by atoms with E-state index in [-0.39, 0.29) is 5.78 Å². The Labute approximate surface area is 107 Å². The molecular weight excluding hydrogens is 228 g/mol. The number of carbonyl (C=O) groups excluding carboxylic acids is 1. The molecule has 0 atom stereocenters. The zero-order valence-corrected chi connectivity index (χ0v) is 10.7. The number of hydrogen-bond acceptors (Lipinski definition) is 3. The lowest BCUT2D eigenvalue weighted by atomic mass is 10.1. The third kappa shape index (κ3) is 1.88. The minimum atomic E-state index is 0.226. The van der Waals surface area contributed by atoms with Gasteiger partial charge in [0.05, 0.1) is 13.2 Å². The third-order valence-corrected chi connectivity index (χ3v) is 3.93. The average molecular weight is 246 g/mol. The van der Waals surface area contributed by atoms with Gasteiger partial charge in [0.2, 0.25) is 0 Å². The maximum atomic E-state index is 11.8. The molecule has 1 aromatic rings. The Balaban J connectivity index is 1.97. The second-order valence-electron chi connectivity index (χ2n) is 5.07. The maximum absolute atomic E-state index is 11.8. The van der Waals surface area contributed by atoms with Crippen molar-refractivity contribution in [2.24, 2.45) is 0 Å². The fourth-order valence-electron chi connectivity index (χ4n) is 2.95. The molecule has 3 heteroatoms. The van der Waals surface area contributed by atoms with Crippen LogP contribution in [-0.4, -0.2) is 19.0 Å². The van der Waals surface area contributed by atoms with Gasteiger partial charge in [0.15, 0.2) is 17.3 Å². The van der Waals surface area contributed by atoms with Gasteiger partial charge in [-0.15, -0.1) is 0 Å². The molecule has 0 aromatic heterocycles. The summed E-state index contributed by atoms with van der Waals surface area (Å²) in [5, 5.41) is 0. The molecule has 0 aliphatic heterocycles. The van der Waals surface area contributed by atoms with Crippen molar-refractivity contribution in [1.82, 2.24) is 0 Å². The van der Waals surface area contributed by atoms with E-state index in [4.69, 9.17) is 9.47 Å². The number of Topliss-reactive ketones (excluding diaryl/α,β-unsaturated/α-hetero) is 1. The van der Waals surface area contributed by atoms with E-state index in [1.807, 2.05) is 12.1 Å². The van der Waals surface area contributed by atoms with E-state index in [0.29, 0.717) is 12.5 Å². The van der Waals surface area contributed by atoms with Crippen molar-refractivity contribution in [3.05, 3.63) is 23.3 Å². The minimum Gasteiger partial charge on any atom is -0.493 e. The predicted molar refractivity (Wildman–Crippen MR) is 68.5 cm³/mol. The van der Waals surface area contributed by atoms with Gasteiger partial charge < -0.3 is 9.47 Å².